The molecule has 9 heteroatoms. The Kier molecular flexibility index (Phi) is 6.88. The van der Waals surface area contributed by atoms with E-state index in [9.17, 15) is 26.7 Å². The Morgan fingerprint density at radius 2 is 1.49 bits per heavy atom. The van der Waals surface area contributed by atoms with Crippen molar-refractivity contribution in [1.82, 2.24) is 0 Å². The SMILES string of the molecule is O=S(=O)(Nc1cccc(C(F)(F)F)c1)c1cccc(N=C2C=C(c3ccccc3)[C@](O)(c3ccccc3)C2)c1. The van der Waals surface area contributed by atoms with Crippen LogP contribution in [0.25, 0.3) is 5.57 Å². The highest BCUT2D eigenvalue weighted by Gasteiger charge is 2.40. The summed E-state index contributed by atoms with van der Waals surface area (Å²) in [5, 5.41) is 11.8. The number of benzene rings is 4. The molecule has 0 bridgehead atoms. The van der Waals surface area contributed by atoms with Gasteiger partial charge in [-0.05, 0) is 59.2 Å². The van der Waals surface area contributed by atoms with E-state index in [4.69, 9.17) is 0 Å². The molecule has 0 aromatic heterocycles. The first kappa shape index (κ1) is 26.4. The number of hydrogen-bond acceptors (Lipinski definition) is 4. The summed E-state index contributed by atoms with van der Waals surface area (Å²) < 4.78 is 67.3. The first-order chi connectivity index (χ1) is 18.5. The molecule has 0 amide bonds. The molecule has 0 heterocycles. The summed E-state index contributed by atoms with van der Waals surface area (Å²) in [6.45, 7) is 0. The number of alkyl halides is 3. The summed E-state index contributed by atoms with van der Waals surface area (Å²) >= 11 is 0. The molecule has 2 N–H and O–H groups in total. The molecule has 5 nitrogen and oxygen atoms in total. The Labute approximate surface area is 224 Å². The highest BCUT2D eigenvalue weighted by Crippen LogP contribution is 2.44. The normalized spacial score (nSPS) is 18.7. The summed E-state index contributed by atoms with van der Waals surface area (Å²) in [4.78, 5) is 4.46. The van der Waals surface area contributed by atoms with Crippen LogP contribution in [-0.2, 0) is 21.8 Å². The third-order valence-electron chi connectivity index (χ3n) is 6.37. The molecular weight excluding hydrogens is 525 g/mol. The molecule has 0 aliphatic heterocycles. The average Bonchev–Trinajstić information content (AvgIpc) is 3.26. The third kappa shape index (κ3) is 5.64. The number of aliphatic imine (C=N–C) groups is 1. The van der Waals surface area contributed by atoms with Crippen LogP contribution >= 0.6 is 0 Å². The predicted octanol–water partition coefficient (Wildman–Crippen LogP) is 6.95. The van der Waals surface area contributed by atoms with E-state index < -0.39 is 27.4 Å². The maximum Gasteiger partial charge on any atom is 0.416 e. The molecule has 0 radical (unpaired) electrons. The zero-order chi connectivity index (χ0) is 27.7. The largest absolute Gasteiger partial charge is 0.416 e. The number of rotatable bonds is 6. The number of allylic oxidation sites excluding steroid dienone is 1. The minimum Gasteiger partial charge on any atom is -0.380 e. The van der Waals surface area contributed by atoms with Gasteiger partial charge in [0.05, 0.1) is 16.1 Å². The maximum atomic E-state index is 13.1. The fourth-order valence-corrected chi connectivity index (χ4v) is 5.63. The Hall–Kier alpha value is -4.21. The van der Waals surface area contributed by atoms with E-state index in [2.05, 4.69) is 9.71 Å². The highest BCUT2D eigenvalue weighted by atomic mass is 32.2. The van der Waals surface area contributed by atoms with E-state index in [-0.39, 0.29) is 17.0 Å². The van der Waals surface area contributed by atoms with E-state index in [0.717, 1.165) is 23.8 Å². The van der Waals surface area contributed by atoms with Crippen LogP contribution in [0.5, 0.6) is 0 Å². The lowest BCUT2D eigenvalue weighted by Gasteiger charge is -2.27. The second-order valence-corrected chi connectivity index (χ2v) is 10.8. The van der Waals surface area contributed by atoms with Crippen molar-refractivity contribution in [3.05, 3.63) is 132 Å². The summed E-state index contributed by atoms with van der Waals surface area (Å²) in [5.74, 6) is 0. The van der Waals surface area contributed by atoms with Gasteiger partial charge in [-0.2, -0.15) is 13.2 Å². The van der Waals surface area contributed by atoms with E-state index in [0.29, 0.717) is 22.5 Å². The number of nitrogens with one attached hydrogen (secondary N) is 1. The van der Waals surface area contributed by atoms with Gasteiger partial charge in [-0.15, -0.1) is 0 Å². The van der Waals surface area contributed by atoms with Gasteiger partial charge in [0.25, 0.3) is 10.0 Å². The molecule has 1 atom stereocenters. The topological polar surface area (TPSA) is 78.8 Å². The lowest BCUT2D eigenvalue weighted by atomic mass is 9.84. The van der Waals surface area contributed by atoms with E-state index in [1.54, 1.807) is 12.1 Å². The standard InChI is InChI=1S/C30H23F3N2O3S/c31-30(32,33)23-13-7-15-25(17-23)35-39(37,38)27-16-8-14-24(18-27)34-26-19-28(21-9-3-1-4-10-21)29(36,20-26)22-11-5-2-6-12-22/h1-19,35-36H,20H2/t29-/m1/s1. The Morgan fingerprint density at radius 3 is 2.18 bits per heavy atom. The van der Waals surface area contributed by atoms with Gasteiger partial charge in [0, 0.05) is 17.8 Å². The lowest BCUT2D eigenvalue weighted by Crippen LogP contribution is -2.25. The van der Waals surface area contributed by atoms with E-state index >= 15 is 0 Å². The molecule has 39 heavy (non-hydrogen) atoms. The number of hydrogen-bond donors (Lipinski definition) is 2. The van der Waals surface area contributed by atoms with Gasteiger partial charge in [0.1, 0.15) is 5.60 Å². The third-order valence-corrected chi connectivity index (χ3v) is 7.75. The van der Waals surface area contributed by atoms with Crippen LogP contribution in [0.2, 0.25) is 0 Å². The molecule has 1 aliphatic rings. The second-order valence-electron chi connectivity index (χ2n) is 9.11. The Bertz CT molecular complexity index is 1670. The van der Waals surface area contributed by atoms with Crippen LogP contribution in [0.15, 0.2) is 125 Å². The molecule has 0 saturated heterocycles. The zero-order valence-electron chi connectivity index (χ0n) is 20.4. The minimum atomic E-state index is -4.60. The molecule has 0 saturated carbocycles. The maximum absolute atomic E-state index is 13.1. The summed E-state index contributed by atoms with van der Waals surface area (Å²) in [6.07, 6.45) is -2.64. The molecule has 1 aliphatic carbocycles. The van der Waals surface area contributed by atoms with Crippen LogP contribution in [0, 0.1) is 0 Å². The summed E-state index contributed by atoms with van der Waals surface area (Å²) in [5.41, 5.74) is 0.553. The first-order valence-electron chi connectivity index (χ1n) is 12.0. The second kappa shape index (κ2) is 10.2. The Balaban J connectivity index is 1.47. The van der Waals surface area contributed by atoms with Gasteiger partial charge >= 0.3 is 6.18 Å². The molecular formula is C30H23F3N2O3S. The van der Waals surface area contributed by atoms with Gasteiger partial charge in [-0.25, -0.2) is 8.42 Å². The molecule has 5 rings (SSSR count). The van der Waals surface area contributed by atoms with Gasteiger partial charge in [-0.1, -0.05) is 72.8 Å². The Morgan fingerprint density at radius 1 is 0.821 bits per heavy atom. The molecule has 198 valence electrons. The number of aliphatic hydroxyl groups is 1. The highest BCUT2D eigenvalue weighted by molar-refractivity contribution is 7.92. The molecule has 0 fully saturated rings. The number of anilines is 1. The van der Waals surface area contributed by atoms with Crippen molar-refractivity contribution >= 4 is 32.7 Å². The molecule has 0 spiro atoms. The van der Waals surface area contributed by atoms with Crippen molar-refractivity contribution in [3.63, 3.8) is 0 Å². The van der Waals surface area contributed by atoms with Crippen molar-refractivity contribution < 1.29 is 26.7 Å². The van der Waals surface area contributed by atoms with Crippen molar-refractivity contribution in [2.75, 3.05) is 4.72 Å². The van der Waals surface area contributed by atoms with E-state index in [1.165, 1.54) is 24.3 Å². The van der Waals surface area contributed by atoms with Crippen molar-refractivity contribution in [1.29, 1.82) is 0 Å². The van der Waals surface area contributed by atoms with E-state index in [1.807, 2.05) is 60.7 Å². The van der Waals surface area contributed by atoms with Crippen molar-refractivity contribution in [3.8, 4) is 0 Å². The lowest BCUT2D eigenvalue weighted by molar-refractivity contribution is -0.137. The minimum absolute atomic E-state index is 0.162. The summed E-state index contributed by atoms with van der Waals surface area (Å²) in [7, 11) is -4.20. The fourth-order valence-electron chi connectivity index (χ4n) is 4.54. The van der Waals surface area contributed by atoms with Crippen LogP contribution < -0.4 is 4.72 Å². The van der Waals surface area contributed by atoms with Crippen molar-refractivity contribution in [2.24, 2.45) is 4.99 Å². The van der Waals surface area contributed by atoms with Gasteiger partial charge in [-0.3, -0.25) is 9.71 Å². The van der Waals surface area contributed by atoms with Crippen LogP contribution in [-0.4, -0.2) is 19.2 Å². The van der Waals surface area contributed by atoms with Crippen LogP contribution in [0.3, 0.4) is 0 Å². The van der Waals surface area contributed by atoms with Crippen LogP contribution in [0.1, 0.15) is 23.1 Å². The fraction of sp³-hybridized carbons (Fsp3) is 0.100. The smallest absolute Gasteiger partial charge is 0.380 e. The summed E-state index contributed by atoms with van der Waals surface area (Å²) in [6, 6.07) is 28.4. The number of nitrogens with zero attached hydrogens (tertiary/aromatic N) is 1. The van der Waals surface area contributed by atoms with Gasteiger partial charge < -0.3 is 5.11 Å². The van der Waals surface area contributed by atoms with Crippen LogP contribution in [0.4, 0.5) is 24.5 Å². The molecule has 0 unspecified atom stereocenters. The molecule has 4 aromatic carbocycles. The van der Waals surface area contributed by atoms with Gasteiger partial charge in [0.2, 0.25) is 0 Å². The number of halogens is 3. The quantitative estimate of drug-likeness (QED) is 0.274. The van der Waals surface area contributed by atoms with Gasteiger partial charge in [0.15, 0.2) is 0 Å². The predicted molar refractivity (Wildman–Crippen MR) is 145 cm³/mol. The number of sulfonamides is 1. The molecule has 4 aromatic rings. The first-order valence-corrected chi connectivity index (χ1v) is 13.5. The zero-order valence-corrected chi connectivity index (χ0v) is 21.2. The average molecular weight is 549 g/mol. The monoisotopic (exact) mass is 548 g/mol. The van der Waals surface area contributed by atoms with Crippen molar-refractivity contribution in [2.45, 2.75) is 23.1 Å².